The van der Waals surface area contributed by atoms with E-state index in [0.717, 1.165) is 19.5 Å². The normalized spacial score (nSPS) is 15.6. The van der Waals surface area contributed by atoms with Crippen LogP contribution in [0.3, 0.4) is 0 Å². The van der Waals surface area contributed by atoms with Gasteiger partial charge in [-0.05, 0) is 52.4 Å². The molecule has 0 amide bonds. The first-order valence-corrected chi connectivity index (χ1v) is 8.71. The largest absolute Gasteiger partial charge is 0.466 e. The van der Waals surface area contributed by atoms with Crippen molar-refractivity contribution in [2.75, 3.05) is 33.7 Å². The van der Waals surface area contributed by atoms with Crippen LogP contribution in [0.1, 0.15) is 39.9 Å². The Labute approximate surface area is 169 Å². The molecule has 6 nitrogen and oxygen atoms in total. The molecule has 0 spiro atoms. The number of halogens is 1. The lowest BCUT2D eigenvalue weighted by Crippen LogP contribution is -2.46. The van der Waals surface area contributed by atoms with Gasteiger partial charge in [0.2, 0.25) is 0 Å². The van der Waals surface area contributed by atoms with Gasteiger partial charge in [0.15, 0.2) is 5.96 Å². The Balaban J connectivity index is 0.00000576. The molecule has 1 aromatic heterocycles. The molecule has 0 radical (unpaired) electrons. The van der Waals surface area contributed by atoms with E-state index in [2.05, 4.69) is 48.5 Å². The standard InChI is InChI=1S/C18H34N4O2.HI/c1-7-19-17(20-12-15(22(5)6)11-14(2)3)21-13-18(4,23)16-9-8-10-24-16;/h8-10,14-15,23H,7,11-13H2,1-6H3,(H2,19,20,21);1H. The van der Waals surface area contributed by atoms with Crippen LogP contribution in [0.25, 0.3) is 0 Å². The summed E-state index contributed by atoms with van der Waals surface area (Å²) in [5, 5.41) is 17.1. The van der Waals surface area contributed by atoms with Gasteiger partial charge in [-0.3, -0.25) is 0 Å². The van der Waals surface area contributed by atoms with Crippen molar-refractivity contribution < 1.29 is 9.52 Å². The Kier molecular flexibility index (Phi) is 11.4. The highest BCUT2D eigenvalue weighted by molar-refractivity contribution is 14.0. The predicted octanol–water partition coefficient (Wildman–Crippen LogP) is 2.64. The SMILES string of the molecule is CCNC(=NCC(C)(O)c1ccco1)NCC(CC(C)C)N(C)C.I. The number of nitrogens with one attached hydrogen (secondary N) is 2. The molecular weight excluding hydrogens is 431 g/mol. The predicted molar refractivity (Wildman–Crippen MR) is 115 cm³/mol. The fourth-order valence-corrected chi connectivity index (χ4v) is 2.47. The monoisotopic (exact) mass is 466 g/mol. The lowest BCUT2D eigenvalue weighted by Gasteiger charge is -2.27. The minimum Gasteiger partial charge on any atom is -0.466 e. The fourth-order valence-electron chi connectivity index (χ4n) is 2.47. The zero-order valence-electron chi connectivity index (χ0n) is 16.4. The summed E-state index contributed by atoms with van der Waals surface area (Å²) in [6.07, 6.45) is 2.67. The smallest absolute Gasteiger partial charge is 0.191 e. The van der Waals surface area contributed by atoms with E-state index in [9.17, 15) is 5.11 Å². The number of hydrogen-bond acceptors (Lipinski definition) is 4. The number of aliphatic imine (C=N–C) groups is 1. The van der Waals surface area contributed by atoms with Crippen LogP contribution < -0.4 is 10.6 Å². The molecule has 0 aliphatic carbocycles. The first kappa shape index (κ1) is 24.2. The summed E-state index contributed by atoms with van der Waals surface area (Å²) in [4.78, 5) is 6.75. The van der Waals surface area contributed by atoms with Crippen LogP contribution in [0.5, 0.6) is 0 Å². The Hall–Kier alpha value is -0.800. The van der Waals surface area contributed by atoms with Crippen LogP contribution in [0, 0.1) is 5.92 Å². The van der Waals surface area contributed by atoms with E-state index < -0.39 is 5.60 Å². The maximum atomic E-state index is 10.5. The van der Waals surface area contributed by atoms with Gasteiger partial charge in [0.25, 0.3) is 0 Å². The van der Waals surface area contributed by atoms with E-state index in [4.69, 9.17) is 4.42 Å². The Morgan fingerprint density at radius 3 is 2.52 bits per heavy atom. The third kappa shape index (κ3) is 8.91. The second-order valence-electron chi connectivity index (χ2n) is 7.07. The molecule has 0 bridgehead atoms. The number of nitrogens with zero attached hydrogens (tertiary/aromatic N) is 2. The summed E-state index contributed by atoms with van der Waals surface area (Å²) >= 11 is 0. The van der Waals surface area contributed by atoms with Gasteiger partial charge in [0, 0.05) is 19.1 Å². The van der Waals surface area contributed by atoms with Crippen LogP contribution in [-0.2, 0) is 5.60 Å². The molecular formula is C18H35IN4O2. The molecule has 7 heteroatoms. The molecule has 1 aromatic rings. The minimum absolute atomic E-state index is 0. The summed E-state index contributed by atoms with van der Waals surface area (Å²) in [5.74, 6) is 1.87. The molecule has 0 saturated carbocycles. The van der Waals surface area contributed by atoms with Crippen molar-refractivity contribution in [3.05, 3.63) is 24.2 Å². The first-order chi connectivity index (χ1) is 11.3. The van der Waals surface area contributed by atoms with Crippen molar-refractivity contribution in [1.29, 1.82) is 0 Å². The van der Waals surface area contributed by atoms with Crippen molar-refractivity contribution in [1.82, 2.24) is 15.5 Å². The number of furan rings is 1. The van der Waals surface area contributed by atoms with Gasteiger partial charge in [-0.1, -0.05) is 13.8 Å². The molecule has 146 valence electrons. The van der Waals surface area contributed by atoms with Gasteiger partial charge in [-0.25, -0.2) is 4.99 Å². The van der Waals surface area contributed by atoms with E-state index in [1.807, 2.05) is 6.92 Å². The Bertz CT molecular complexity index is 487. The van der Waals surface area contributed by atoms with Crippen LogP contribution >= 0.6 is 24.0 Å². The van der Waals surface area contributed by atoms with Crippen LogP contribution in [0.4, 0.5) is 0 Å². The molecule has 0 aliphatic rings. The molecule has 0 aromatic carbocycles. The van der Waals surface area contributed by atoms with E-state index in [-0.39, 0.29) is 30.5 Å². The maximum Gasteiger partial charge on any atom is 0.191 e. The van der Waals surface area contributed by atoms with Crippen molar-refractivity contribution in [2.24, 2.45) is 10.9 Å². The summed E-state index contributed by atoms with van der Waals surface area (Å²) in [7, 11) is 4.20. The van der Waals surface area contributed by atoms with Gasteiger partial charge < -0.3 is 25.1 Å². The van der Waals surface area contributed by atoms with E-state index in [1.165, 1.54) is 0 Å². The molecule has 3 N–H and O–H groups in total. The number of aliphatic hydroxyl groups is 1. The summed E-state index contributed by atoms with van der Waals surface area (Å²) in [6, 6.07) is 3.96. The van der Waals surface area contributed by atoms with Crippen molar-refractivity contribution in [2.45, 2.75) is 45.8 Å². The Morgan fingerprint density at radius 2 is 2.04 bits per heavy atom. The summed E-state index contributed by atoms with van der Waals surface area (Å²) < 4.78 is 5.30. The number of rotatable bonds is 9. The van der Waals surface area contributed by atoms with Gasteiger partial charge in [0.05, 0.1) is 12.8 Å². The third-order valence-corrected chi connectivity index (χ3v) is 3.92. The number of hydrogen-bond donors (Lipinski definition) is 3. The zero-order chi connectivity index (χ0) is 18.2. The van der Waals surface area contributed by atoms with Crippen LogP contribution in [0.2, 0.25) is 0 Å². The average Bonchev–Trinajstić information content (AvgIpc) is 3.03. The highest BCUT2D eigenvalue weighted by Crippen LogP contribution is 2.21. The highest BCUT2D eigenvalue weighted by atomic mass is 127. The molecule has 2 atom stereocenters. The van der Waals surface area contributed by atoms with E-state index >= 15 is 0 Å². The lowest BCUT2D eigenvalue weighted by atomic mass is 10.0. The van der Waals surface area contributed by atoms with E-state index in [1.54, 1.807) is 25.3 Å². The first-order valence-electron chi connectivity index (χ1n) is 8.71. The Morgan fingerprint density at radius 1 is 1.36 bits per heavy atom. The molecule has 0 fully saturated rings. The van der Waals surface area contributed by atoms with Crippen molar-refractivity contribution in [3.8, 4) is 0 Å². The fraction of sp³-hybridized carbons (Fsp3) is 0.722. The van der Waals surface area contributed by atoms with Gasteiger partial charge in [0.1, 0.15) is 11.4 Å². The summed E-state index contributed by atoms with van der Waals surface area (Å²) in [6.45, 7) is 10.0. The quantitative estimate of drug-likeness (QED) is 0.297. The zero-order valence-corrected chi connectivity index (χ0v) is 18.7. The second-order valence-corrected chi connectivity index (χ2v) is 7.07. The van der Waals surface area contributed by atoms with Gasteiger partial charge >= 0.3 is 0 Å². The third-order valence-electron chi connectivity index (χ3n) is 3.92. The molecule has 0 aliphatic heterocycles. The van der Waals surface area contributed by atoms with Crippen molar-refractivity contribution >= 4 is 29.9 Å². The number of guanidine groups is 1. The maximum absolute atomic E-state index is 10.5. The molecule has 25 heavy (non-hydrogen) atoms. The molecule has 1 heterocycles. The summed E-state index contributed by atoms with van der Waals surface area (Å²) in [5.41, 5.74) is -1.12. The van der Waals surface area contributed by atoms with Crippen LogP contribution in [0.15, 0.2) is 27.8 Å². The molecule has 2 unspecified atom stereocenters. The average molecular weight is 466 g/mol. The van der Waals surface area contributed by atoms with Crippen molar-refractivity contribution in [3.63, 3.8) is 0 Å². The lowest BCUT2D eigenvalue weighted by molar-refractivity contribution is 0.0437. The highest BCUT2D eigenvalue weighted by Gasteiger charge is 2.26. The second kappa shape index (κ2) is 11.7. The topological polar surface area (TPSA) is 73.0 Å². The van der Waals surface area contributed by atoms with Gasteiger partial charge in [-0.15, -0.1) is 24.0 Å². The van der Waals surface area contributed by atoms with Crippen LogP contribution in [-0.4, -0.2) is 55.7 Å². The number of likely N-dealkylation sites (N-methyl/N-ethyl adjacent to an activating group) is 1. The molecule has 1 rings (SSSR count). The molecule has 0 saturated heterocycles. The van der Waals surface area contributed by atoms with E-state index in [0.29, 0.717) is 23.7 Å². The van der Waals surface area contributed by atoms with Gasteiger partial charge in [-0.2, -0.15) is 0 Å². The minimum atomic E-state index is -1.12.